The first-order chi connectivity index (χ1) is 11.5. The summed E-state index contributed by atoms with van der Waals surface area (Å²) < 4.78 is 0. The molecular weight excluding hydrogens is 346 g/mol. The number of aromatic nitrogens is 2. The summed E-state index contributed by atoms with van der Waals surface area (Å²) in [7, 11) is 0. The van der Waals surface area contributed by atoms with Crippen molar-refractivity contribution in [1.82, 2.24) is 15.3 Å². The molecular formula is C17H20ClN3O2S. The number of amides is 1. The number of H-pyrrole nitrogens is 1. The molecule has 0 saturated carbocycles. The molecule has 1 atom stereocenters. The average molecular weight is 366 g/mol. The van der Waals surface area contributed by atoms with Crippen LogP contribution in [0.4, 0.5) is 0 Å². The molecule has 0 aliphatic carbocycles. The van der Waals surface area contributed by atoms with Crippen molar-refractivity contribution in [2.45, 2.75) is 43.6 Å². The third-order valence-corrected chi connectivity index (χ3v) is 4.55. The molecule has 2 rings (SSSR count). The van der Waals surface area contributed by atoms with Crippen LogP contribution in [-0.4, -0.2) is 21.1 Å². The van der Waals surface area contributed by atoms with E-state index in [2.05, 4.69) is 15.3 Å². The van der Waals surface area contributed by atoms with Gasteiger partial charge in [0, 0.05) is 23.3 Å². The Balaban J connectivity index is 1.93. The van der Waals surface area contributed by atoms with Gasteiger partial charge in [-0.05, 0) is 31.0 Å². The van der Waals surface area contributed by atoms with Crippen LogP contribution in [0.1, 0.15) is 31.5 Å². The zero-order valence-corrected chi connectivity index (χ0v) is 15.2. The van der Waals surface area contributed by atoms with E-state index in [1.807, 2.05) is 19.1 Å². The topological polar surface area (TPSA) is 74.8 Å². The predicted molar refractivity (Wildman–Crippen MR) is 97.5 cm³/mol. The van der Waals surface area contributed by atoms with E-state index in [-0.39, 0.29) is 16.7 Å². The van der Waals surface area contributed by atoms with Gasteiger partial charge in [0.1, 0.15) is 0 Å². The fraction of sp³-hybridized carbons (Fsp3) is 0.353. The molecule has 5 nitrogen and oxygen atoms in total. The number of aromatic amines is 1. The van der Waals surface area contributed by atoms with Gasteiger partial charge in [0.05, 0.1) is 5.25 Å². The first-order valence-corrected chi connectivity index (χ1v) is 9.02. The number of aryl methyl sites for hydroxylation is 1. The number of nitrogens with one attached hydrogen (secondary N) is 2. The molecule has 0 fully saturated rings. The zero-order chi connectivity index (χ0) is 17.5. The second kappa shape index (κ2) is 8.89. The molecule has 0 spiro atoms. The third kappa shape index (κ3) is 5.69. The first-order valence-electron chi connectivity index (χ1n) is 7.77. The van der Waals surface area contributed by atoms with Gasteiger partial charge in [-0.3, -0.25) is 9.59 Å². The van der Waals surface area contributed by atoms with Crippen molar-refractivity contribution in [2.24, 2.45) is 0 Å². The molecule has 0 bridgehead atoms. The molecule has 2 N–H and O–H groups in total. The number of hydrogen-bond acceptors (Lipinski definition) is 4. The Labute approximate surface area is 150 Å². The quantitative estimate of drug-likeness (QED) is 0.583. The maximum atomic E-state index is 12.2. The van der Waals surface area contributed by atoms with Crippen LogP contribution in [-0.2, 0) is 17.8 Å². The van der Waals surface area contributed by atoms with E-state index in [4.69, 9.17) is 11.6 Å². The Morgan fingerprint density at radius 1 is 1.38 bits per heavy atom. The van der Waals surface area contributed by atoms with Gasteiger partial charge in [-0.1, -0.05) is 48.8 Å². The van der Waals surface area contributed by atoms with E-state index in [1.54, 1.807) is 19.1 Å². The van der Waals surface area contributed by atoms with Crippen LogP contribution in [0.3, 0.4) is 0 Å². The summed E-state index contributed by atoms with van der Waals surface area (Å²) in [5, 5.41) is 3.64. The summed E-state index contributed by atoms with van der Waals surface area (Å²) in [4.78, 5) is 30.9. The SMILES string of the molecule is CCCc1cc(=O)[nH]c(SC(C)C(=O)NCc2ccc(Cl)cc2)n1. The van der Waals surface area contributed by atoms with Crippen molar-refractivity contribution in [3.05, 3.63) is 57.0 Å². The van der Waals surface area contributed by atoms with E-state index in [0.717, 1.165) is 24.1 Å². The van der Waals surface area contributed by atoms with Gasteiger partial charge in [-0.25, -0.2) is 4.98 Å². The van der Waals surface area contributed by atoms with Crippen molar-refractivity contribution >= 4 is 29.3 Å². The number of carbonyl (C=O) groups is 1. The number of hydrogen-bond donors (Lipinski definition) is 2. The fourth-order valence-corrected chi connectivity index (χ4v) is 3.06. The minimum Gasteiger partial charge on any atom is -0.351 e. The van der Waals surface area contributed by atoms with E-state index < -0.39 is 0 Å². The molecule has 0 saturated heterocycles. The number of benzene rings is 1. The van der Waals surface area contributed by atoms with E-state index >= 15 is 0 Å². The second-order valence-corrected chi connectivity index (χ2v) is 7.16. The van der Waals surface area contributed by atoms with Crippen molar-refractivity contribution < 1.29 is 4.79 Å². The van der Waals surface area contributed by atoms with Crippen LogP contribution in [0.5, 0.6) is 0 Å². The minimum absolute atomic E-state index is 0.113. The first kappa shape index (κ1) is 18.5. The third-order valence-electron chi connectivity index (χ3n) is 3.32. The van der Waals surface area contributed by atoms with Crippen molar-refractivity contribution in [3.63, 3.8) is 0 Å². The second-order valence-electron chi connectivity index (χ2n) is 5.40. The summed E-state index contributed by atoms with van der Waals surface area (Å²) in [5.74, 6) is -0.113. The molecule has 24 heavy (non-hydrogen) atoms. The van der Waals surface area contributed by atoms with Crippen LogP contribution in [0, 0.1) is 0 Å². The van der Waals surface area contributed by atoms with Crippen LogP contribution in [0.2, 0.25) is 5.02 Å². The molecule has 128 valence electrons. The van der Waals surface area contributed by atoms with E-state index in [9.17, 15) is 9.59 Å². The Morgan fingerprint density at radius 3 is 2.75 bits per heavy atom. The Bertz CT molecular complexity index is 746. The Kier molecular flexibility index (Phi) is 6.87. The number of halogens is 1. The van der Waals surface area contributed by atoms with Gasteiger partial charge in [0.25, 0.3) is 5.56 Å². The normalized spacial score (nSPS) is 12.0. The molecule has 1 unspecified atom stereocenters. The highest BCUT2D eigenvalue weighted by Gasteiger charge is 2.16. The highest BCUT2D eigenvalue weighted by atomic mass is 35.5. The maximum Gasteiger partial charge on any atom is 0.251 e. The lowest BCUT2D eigenvalue weighted by molar-refractivity contribution is -0.120. The van der Waals surface area contributed by atoms with Crippen LogP contribution in [0.25, 0.3) is 0 Å². The van der Waals surface area contributed by atoms with Gasteiger partial charge >= 0.3 is 0 Å². The van der Waals surface area contributed by atoms with Gasteiger partial charge in [0.2, 0.25) is 5.91 Å². The largest absolute Gasteiger partial charge is 0.351 e. The molecule has 0 radical (unpaired) electrons. The molecule has 2 aromatic rings. The summed E-state index contributed by atoms with van der Waals surface area (Å²) in [5.41, 5.74) is 1.53. The molecule has 7 heteroatoms. The van der Waals surface area contributed by atoms with Gasteiger partial charge in [-0.15, -0.1) is 0 Å². The monoisotopic (exact) mass is 365 g/mol. The van der Waals surface area contributed by atoms with Crippen molar-refractivity contribution in [1.29, 1.82) is 0 Å². The summed E-state index contributed by atoms with van der Waals surface area (Å²) >= 11 is 7.08. The van der Waals surface area contributed by atoms with E-state index in [0.29, 0.717) is 16.7 Å². The number of thioether (sulfide) groups is 1. The van der Waals surface area contributed by atoms with Gasteiger partial charge in [-0.2, -0.15) is 0 Å². The highest BCUT2D eigenvalue weighted by Crippen LogP contribution is 2.19. The molecule has 1 aromatic heterocycles. The van der Waals surface area contributed by atoms with Crippen LogP contribution < -0.4 is 10.9 Å². The lowest BCUT2D eigenvalue weighted by Gasteiger charge is -2.12. The molecule has 1 aromatic carbocycles. The smallest absolute Gasteiger partial charge is 0.251 e. The Hall–Kier alpha value is -1.79. The minimum atomic E-state index is -0.364. The number of nitrogens with zero attached hydrogens (tertiary/aromatic N) is 1. The zero-order valence-electron chi connectivity index (χ0n) is 13.6. The van der Waals surface area contributed by atoms with Gasteiger partial charge in [0.15, 0.2) is 5.16 Å². The summed E-state index contributed by atoms with van der Waals surface area (Å²) in [6.45, 7) is 4.25. The lowest BCUT2D eigenvalue weighted by Crippen LogP contribution is -2.30. The number of rotatable bonds is 7. The number of carbonyl (C=O) groups excluding carboxylic acids is 1. The standard InChI is InChI=1S/C17H20ClN3O2S/c1-3-4-14-9-15(22)21-17(20-14)24-11(2)16(23)19-10-12-5-7-13(18)8-6-12/h5-9,11H,3-4,10H2,1-2H3,(H,19,23)(H,20,21,22). The Morgan fingerprint density at radius 2 is 2.08 bits per heavy atom. The fourth-order valence-electron chi connectivity index (χ4n) is 2.08. The van der Waals surface area contributed by atoms with E-state index in [1.165, 1.54) is 17.8 Å². The summed E-state index contributed by atoms with van der Waals surface area (Å²) in [6.07, 6.45) is 1.66. The molecule has 0 aliphatic rings. The van der Waals surface area contributed by atoms with Gasteiger partial charge < -0.3 is 10.3 Å². The predicted octanol–water partition coefficient (Wildman–Crippen LogP) is 3.17. The average Bonchev–Trinajstić information content (AvgIpc) is 2.53. The molecule has 0 aliphatic heterocycles. The van der Waals surface area contributed by atoms with Crippen LogP contribution in [0.15, 0.2) is 40.3 Å². The molecule has 1 amide bonds. The highest BCUT2D eigenvalue weighted by molar-refractivity contribution is 8.00. The van der Waals surface area contributed by atoms with Crippen LogP contribution >= 0.6 is 23.4 Å². The maximum absolute atomic E-state index is 12.2. The lowest BCUT2D eigenvalue weighted by atomic mass is 10.2. The summed E-state index contributed by atoms with van der Waals surface area (Å²) in [6, 6.07) is 8.81. The molecule has 1 heterocycles. The van der Waals surface area contributed by atoms with Crippen molar-refractivity contribution in [3.8, 4) is 0 Å². The van der Waals surface area contributed by atoms with Crippen molar-refractivity contribution in [2.75, 3.05) is 0 Å².